The number of methoxy groups -OCH3 is 1. The van der Waals surface area contributed by atoms with Gasteiger partial charge in [0, 0.05) is 6.42 Å². The molecule has 1 aliphatic heterocycles. The summed E-state index contributed by atoms with van der Waals surface area (Å²) in [6, 6.07) is -0.359. The highest BCUT2D eigenvalue weighted by Crippen LogP contribution is 2.31. The highest BCUT2D eigenvalue weighted by molar-refractivity contribution is 5.77. The monoisotopic (exact) mass is 260 g/mol. The van der Waals surface area contributed by atoms with Gasteiger partial charge in [-0.2, -0.15) is 9.59 Å². The second-order valence-corrected chi connectivity index (χ2v) is 5.74. The van der Waals surface area contributed by atoms with Gasteiger partial charge in [0.15, 0.2) is 0 Å². The number of quaternary nitrogens is 1. The van der Waals surface area contributed by atoms with Crippen molar-refractivity contribution in [3.63, 3.8) is 0 Å². The van der Waals surface area contributed by atoms with Crippen molar-refractivity contribution in [2.45, 2.75) is 51.9 Å². The molecule has 0 aliphatic carbocycles. The van der Waals surface area contributed by atoms with Crippen molar-refractivity contribution in [3.8, 4) is 0 Å². The molecule has 0 aromatic carbocycles. The van der Waals surface area contributed by atoms with Crippen molar-refractivity contribution in [1.82, 2.24) is 0 Å². The fraction of sp³-hybridized carbons (Fsp3) is 0.833. The number of carbonyl (C=O) groups excluding carboxylic acids is 2. The van der Waals surface area contributed by atoms with Crippen LogP contribution >= 0.6 is 0 Å². The predicted octanol–water partition coefficient (Wildman–Crippen LogP) is 1.66. The van der Waals surface area contributed by atoms with E-state index in [1.54, 1.807) is 27.7 Å². The summed E-state index contributed by atoms with van der Waals surface area (Å²) in [5.74, 6) is 0. The van der Waals surface area contributed by atoms with Crippen molar-refractivity contribution in [1.29, 1.82) is 0 Å². The molecule has 1 N–H and O–H groups in total. The van der Waals surface area contributed by atoms with Gasteiger partial charge in [0.25, 0.3) is 0 Å². The average Bonchev–Trinajstić information content (AvgIpc) is 2.51. The molecule has 1 fully saturated rings. The molecule has 6 nitrogen and oxygen atoms in total. The predicted molar refractivity (Wildman–Crippen MR) is 63.9 cm³/mol. The number of hydrogen-bond acceptors (Lipinski definition) is 5. The molecule has 1 rings (SSSR count). The van der Waals surface area contributed by atoms with Crippen LogP contribution in [0, 0.1) is 0 Å². The minimum absolute atomic E-state index is 0.00273. The fourth-order valence-corrected chi connectivity index (χ4v) is 2.25. The highest BCUT2D eigenvalue weighted by Gasteiger charge is 2.59. The van der Waals surface area contributed by atoms with E-state index in [9.17, 15) is 14.7 Å². The second kappa shape index (κ2) is 4.85. The Labute approximate surface area is 107 Å². The van der Waals surface area contributed by atoms with Gasteiger partial charge in [-0.3, -0.25) is 0 Å². The lowest BCUT2D eigenvalue weighted by molar-refractivity contribution is -0.798. The molecule has 0 bridgehead atoms. The van der Waals surface area contributed by atoms with Crippen LogP contribution in [0.1, 0.15) is 34.1 Å². The van der Waals surface area contributed by atoms with E-state index in [1.165, 1.54) is 7.11 Å². The van der Waals surface area contributed by atoms with Gasteiger partial charge in [-0.1, -0.05) is 0 Å². The summed E-state index contributed by atoms with van der Waals surface area (Å²) in [4.78, 5) is 24.2. The van der Waals surface area contributed by atoms with Gasteiger partial charge in [-0.25, -0.2) is 0 Å². The molecule has 0 unspecified atom stereocenters. The summed E-state index contributed by atoms with van der Waals surface area (Å²) in [6.45, 7) is 6.93. The molecular weight excluding hydrogens is 238 g/mol. The zero-order chi connectivity index (χ0) is 14.1. The van der Waals surface area contributed by atoms with Crippen LogP contribution in [0.5, 0.6) is 0 Å². The van der Waals surface area contributed by atoms with Gasteiger partial charge in [-0.15, -0.1) is 4.48 Å². The zero-order valence-electron chi connectivity index (χ0n) is 11.6. The lowest BCUT2D eigenvalue weighted by Gasteiger charge is -2.32. The first kappa shape index (κ1) is 14.9. The van der Waals surface area contributed by atoms with E-state index in [2.05, 4.69) is 0 Å². The SMILES string of the molecule is COC(=O)[N@+]1(C(=O)OC(C)(C)C)C[C@@H](O)C[C@H]1C. The summed E-state index contributed by atoms with van der Waals surface area (Å²) in [5, 5.41) is 9.70. The van der Waals surface area contributed by atoms with E-state index in [-0.39, 0.29) is 12.6 Å². The van der Waals surface area contributed by atoms with E-state index < -0.39 is 28.4 Å². The van der Waals surface area contributed by atoms with Crippen molar-refractivity contribution in [3.05, 3.63) is 0 Å². The number of imide groups is 1. The van der Waals surface area contributed by atoms with E-state index >= 15 is 0 Å². The number of amides is 2. The van der Waals surface area contributed by atoms with E-state index in [4.69, 9.17) is 9.47 Å². The number of hydrogen-bond donors (Lipinski definition) is 1. The van der Waals surface area contributed by atoms with Crippen molar-refractivity contribution in [2.75, 3.05) is 13.7 Å². The minimum Gasteiger partial charge on any atom is -0.423 e. The molecule has 1 saturated heterocycles. The third-order valence-electron chi connectivity index (χ3n) is 3.08. The summed E-state index contributed by atoms with van der Waals surface area (Å²) in [5.41, 5.74) is -0.691. The van der Waals surface area contributed by atoms with Crippen molar-refractivity contribution < 1.29 is 28.7 Å². The minimum atomic E-state index is -0.702. The van der Waals surface area contributed by atoms with Gasteiger partial charge in [0.05, 0.1) is 7.11 Å². The van der Waals surface area contributed by atoms with E-state index in [0.29, 0.717) is 6.42 Å². The molecule has 2 amide bonds. The van der Waals surface area contributed by atoms with E-state index in [0.717, 1.165) is 0 Å². The number of ether oxygens (including phenoxy) is 2. The Morgan fingerprint density at radius 2 is 1.83 bits per heavy atom. The largest absolute Gasteiger partial charge is 0.527 e. The van der Waals surface area contributed by atoms with Crippen molar-refractivity contribution in [2.24, 2.45) is 0 Å². The van der Waals surface area contributed by atoms with E-state index in [1.807, 2.05) is 0 Å². The standard InChI is InChI=1S/C12H22NO5/c1-8-6-9(14)7-13(8,10(15)17-5)11(16)18-12(2,3)4/h8-9,14H,6-7H2,1-5H3/q+1/t8-,9+,13+/m1/s1. The van der Waals surface area contributed by atoms with Crippen LogP contribution in [-0.4, -0.2) is 53.2 Å². The smallest absolute Gasteiger partial charge is 0.423 e. The number of nitrogens with zero attached hydrogens (tertiary/aromatic N) is 1. The molecular formula is C12H22NO5+. The topological polar surface area (TPSA) is 72.8 Å². The van der Waals surface area contributed by atoms with Crippen LogP contribution in [0.4, 0.5) is 9.59 Å². The zero-order valence-corrected chi connectivity index (χ0v) is 11.6. The molecule has 1 aliphatic rings. The van der Waals surface area contributed by atoms with Crippen LogP contribution < -0.4 is 0 Å². The summed E-state index contributed by atoms with van der Waals surface area (Å²) in [7, 11) is 1.23. The average molecular weight is 260 g/mol. The number of likely N-dealkylation sites (tertiary alicyclic amines) is 1. The van der Waals surface area contributed by atoms with Crippen molar-refractivity contribution >= 4 is 12.2 Å². The van der Waals surface area contributed by atoms with Crippen LogP contribution in [0.15, 0.2) is 0 Å². The normalized spacial score (nSPS) is 32.1. The van der Waals surface area contributed by atoms with Gasteiger partial charge >= 0.3 is 12.2 Å². The highest BCUT2D eigenvalue weighted by atomic mass is 16.6. The number of rotatable bonds is 0. The Balaban J connectivity index is 3.07. The Morgan fingerprint density at radius 1 is 1.28 bits per heavy atom. The number of carbonyl (C=O) groups is 2. The van der Waals surface area contributed by atoms with Gasteiger partial charge < -0.3 is 14.6 Å². The molecule has 0 aromatic rings. The molecule has 6 heteroatoms. The van der Waals surface area contributed by atoms with Crippen LogP contribution in [0.2, 0.25) is 0 Å². The number of aliphatic hydroxyl groups is 1. The molecule has 3 atom stereocenters. The maximum absolute atomic E-state index is 12.3. The molecule has 0 radical (unpaired) electrons. The summed E-state index contributed by atoms with van der Waals surface area (Å²) < 4.78 is 9.40. The van der Waals surface area contributed by atoms with Gasteiger partial charge in [-0.05, 0) is 27.7 Å². The van der Waals surface area contributed by atoms with Gasteiger partial charge in [0.2, 0.25) is 0 Å². The molecule has 18 heavy (non-hydrogen) atoms. The quantitative estimate of drug-likeness (QED) is 0.670. The first-order valence-corrected chi connectivity index (χ1v) is 6.01. The Hall–Kier alpha value is -1.14. The van der Waals surface area contributed by atoms with Crippen LogP contribution in [0.3, 0.4) is 0 Å². The maximum Gasteiger partial charge on any atom is 0.527 e. The van der Waals surface area contributed by atoms with Gasteiger partial charge in [0.1, 0.15) is 24.3 Å². The summed E-state index contributed by atoms with van der Waals surface area (Å²) >= 11 is 0. The third-order valence-corrected chi connectivity index (χ3v) is 3.08. The molecule has 0 spiro atoms. The summed E-state index contributed by atoms with van der Waals surface area (Å²) in [6.07, 6.45) is -1.69. The first-order chi connectivity index (χ1) is 8.13. The Morgan fingerprint density at radius 3 is 2.17 bits per heavy atom. The fourth-order valence-electron chi connectivity index (χ4n) is 2.25. The lowest BCUT2D eigenvalue weighted by atomic mass is 10.2. The molecule has 1 heterocycles. The molecule has 0 aromatic heterocycles. The van der Waals surface area contributed by atoms with Crippen LogP contribution in [-0.2, 0) is 9.47 Å². The number of aliphatic hydroxyl groups excluding tert-OH is 1. The Kier molecular flexibility index (Phi) is 4.02. The molecule has 104 valence electrons. The second-order valence-electron chi connectivity index (χ2n) is 5.74. The first-order valence-electron chi connectivity index (χ1n) is 6.01. The lowest BCUT2D eigenvalue weighted by Crippen LogP contribution is -2.60. The Bertz CT molecular complexity index is 349. The maximum atomic E-state index is 12.3. The molecule has 0 saturated carbocycles. The third kappa shape index (κ3) is 2.64. The van der Waals surface area contributed by atoms with Crippen LogP contribution in [0.25, 0.3) is 0 Å².